The molecule has 0 saturated carbocycles. The molecule has 7 heteroatoms. The zero-order valence-electron chi connectivity index (χ0n) is 15.2. The summed E-state index contributed by atoms with van der Waals surface area (Å²) in [6.45, 7) is 0.359. The maximum Gasteiger partial charge on any atom is 0.413 e. The Morgan fingerprint density at radius 3 is 2.41 bits per heavy atom. The number of anilines is 3. The van der Waals surface area contributed by atoms with Crippen molar-refractivity contribution in [3.8, 4) is 0 Å². The van der Waals surface area contributed by atoms with Crippen LogP contribution in [-0.2, 0) is 14.3 Å². The predicted molar refractivity (Wildman–Crippen MR) is 103 cm³/mol. The summed E-state index contributed by atoms with van der Waals surface area (Å²) in [4.78, 5) is 39.3. The molecule has 1 atom stereocenters. The highest BCUT2D eigenvalue weighted by atomic mass is 16.5. The zero-order chi connectivity index (χ0) is 19.4. The van der Waals surface area contributed by atoms with E-state index in [-0.39, 0.29) is 18.2 Å². The van der Waals surface area contributed by atoms with Gasteiger partial charge >= 0.3 is 6.09 Å². The molecule has 2 aromatic carbocycles. The predicted octanol–water partition coefficient (Wildman–Crippen LogP) is 2.88. The fourth-order valence-corrected chi connectivity index (χ4v) is 3.00. The fraction of sp³-hybridized carbons (Fsp3) is 0.250. The van der Waals surface area contributed by atoms with Gasteiger partial charge in [-0.15, -0.1) is 0 Å². The molecule has 3 amide bonds. The van der Waals surface area contributed by atoms with Gasteiger partial charge in [0.05, 0.1) is 13.0 Å². The molecule has 1 unspecified atom stereocenters. The molecule has 1 N–H and O–H groups in total. The van der Waals surface area contributed by atoms with Crippen molar-refractivity contribution in [2.45, 2.75) is 6.42 Å². The van der Waals surface area contributed by atoms with E-state index in [1.54, 1.807) is 36.2 Å². The molecule has 140 valence electrons. The van der Waals surface area contributed by atoms with Crippen LogP contribution in [0.5, 0.6) is 0 Å². The summed E-state index contributed by atoms with van der Waals surface area (Å²) in [5.41, 5.74) is 2.05. The van der Waals surface area contributed by atoms with Crippen LogP contribution in [0.3, 0.4) is 0 Å². The van der Waals surface area contributed by atoms with Crippen LogP contribution in [0.2, 0.25) is 0 Å². The normalized spacial score (nSPS) is 16.1. The largest absolute Gasteiger partial charge is 0.452 e. The van der Waals surface area contributed by atoms with Crippen molar-refractivity contribution in [3.63, 3.8) is 0 Å². The summed E-state index contributed by atoms with van der Waals surface area (Å²) in [6, 6.07) is 16.2. The molecule has 1 heterocycles. The van der Waals surface area contributed by atoms with Crippen LogP contribution in [0.15, 0.2) is 54.6 Å². The van der Waals surface area contributed by atoms with Crippen LogP contribution in [0, 0.1) is 5.92 Å². The Morgan fingerprint density at radius 2 is 1.78 bits per heavy atom. The van der Waals surface area contributed by atoms with Gasteiger partial charge in [-0.05, 0) is 36.4 Å². The summed E-state index contributed by atoms with van der Waals surface area (Å²) in [7, 11) is 2.91. The first kappa shape index (κ1) is 18.4. The second kappa shape index (κ2) is 7.90. The Labute approximate surface area is 157 Å². The Morgan fingerprint density at radius 1 is 1.11 bits per heavy atom. The molecule has 0 aromatic heterocycles. The number of rotatable bonds is 4. The van der Waals surface area contributed by atoms with E-state index in [0.717, 1.165) is 5.69 Å². The molecule has 0 bridgehead atoms. The van der Waals surface area contributed by atoms with Crippen molar-refractivity contribution in [3.05, 3.63) is 54.6 Å². The van der Waals surface area contributed by atoms with Crippen LogP contribution in [0.1, 0.15) is 6.42 Å². The van der Waals surface area contributed by atoms with Crippen LogP contribution < -0.4 is 15.1 Å². The number of methoxy groups -OCH3 is 1. The van der Waals surface area contributed by atoms with Crippen molar-refractivity contribution in [1.29, 1.82) is 0 Å². The van der Waals surface area contributed by atoms with Gasteiger partial charge in [-0.3, -0.25) is 14.5 Å². The average molecular weight is 367 g/mol. The molecule has 3 rings (SSSR count). The molecule has 27 heavy (non-hydrogen) atoms. The summed E-state index contributed by atoms with van der Waals surface area (Å²) in [5.74, 6) is -0.664. The van der Waals surface area contributed by atoms with Crippen molar-refractivity contribution in [2.75, 3.05) is 35.8 Å². The van der Waals surface area contributed by atoms with E-state index in [2.05, 4.69) is 10.1 Å². The molecular weight excluding hydrogens is 346 g/mol. The van der Waals surface area contributed by atoms with E-state index < -0.39 is 12.0 Å². The average Bonchev–Trinajstić information content (AvgIpc) is 3.10. The van der Waals surface area contributed by atoms with Gasteiger partial charge in [-0.2, -0.15) is 0 Å². The van der Waals surface area contributed by atoms with Gasteiger partial charge in [-0.25, -0.2) is 4.79 Å². The number of hydrogen-bond acceptors (Lipinski definition) is 4. The Balaban J connectivity index is 1.62. The maximum absolute atomic E-state index is 12.5. The van der Waals surface area contributed by atoms with E-state index >= 15 is 0 Å². The third kappa shape index (κ3) is 4.08. The standard InChI is InChI=1S/C20H21N3O4/c1-22(20(26)27-2)16-10-8-15(9-11-16)21-19(25)14-12-18(24)23(13-14)17-6-4-3-5-7-17/h3-11,14H,12-13H2,1-2H3,(H,21,25). The minimum Gasteiger partial charge on any atom is -0.452 e. The maximum atomic E-state index is 12.5. The highest BCUT2D eigenvalue weighted by Crippen LogP contribution is 2.26. The highest BCUT2D eigenvalue weighted by molar-refractivity contribution is 6.03. The van der Waals surface area contributed by atoms with E-state index in [1.807, 2.05) is 30.3 Å². The second-order valence-electron chi connectivity index (χ2n) is 6.31. The number of nitrogens with one attached hydrogen (secondary N) is 1. The molecule has 7 nitrogen and oxygen atoms in total. The van der Waals surface area contributed by atoms with Gasteiger partial charge < -0.3 is 15.0 Å². The molecule has 0 aliphatic carbocycles. The van der Waals surface area contributed by atoms with Gasteiger partial charge in [0.1, 0.15) is 0 Å². The SMILES string of the molecule is COC(=O)N(C)c1ccc(NC(=O)C2CC(=O)N(c3ccccc3)C2)cc1. The van der Waals surface area contributed by atoms with Gasteiger partial charge in [0.15, 0.2) is 0 Å². The number of hydrogen-bond donors (Lipinski definition) is 1. The number of amides is 3. The van der Waals surface area contributed by atoms with E-state index in [1.165, 1.54) is 12.0 Å². The van der Waals surface area contributed by atoms with Gasteiger partial charge in [-0.1, -0.05) is 18.2 Å². The van der Waals surface area contributed by atoms with E-state index in [9.17, 15) is 14.4 Å². The monoisotopic (exact) mass is 367 g/mol. The summed E-state index contributed by atoms with van der Waals surface area (Å²) < 4.78 is 4.67. The van der Waals surface area contributed by atoms with Gasteiger partial charge in [0.25, 0.3) is 0 Å². The Kier molecular flexibility index (Phi) is 5.40. The fourth-order valence-electron chi connectivity index (χ4n) is 3.00. The topological polar surface area (TPSA) is 79.0 Å². The summed E-state index contributed by atoms with van der Waals surface area (Å²) in [6.07, 6.45) is -0.290. The highest BCUT2D eigenvalue weighted by Gasteiger charge is 2.35. The van der Waals surface area contributed by atoms with E-state index in [4.69, 9.17) is 0 Å². The summed E-state index contributed by atoms with van der Waals surface area (Å²) in [5, 5.41) is 2.83. The van der Waals surface area contributed by atoms with Crippen LogP contribution in [0.4, 0.5) is 21.9 Å². The number of nitrogens with zero attached hydrogens (tertiary/aromatic N) is 2. The first-order valence-corrected chi connectivity index (χ1v) is 8.57. The minimum atomic E-state index is -0.475. The first-order chi connectivity index (χ1) is 13.0. The minimum absolute atomic E-state index is 0.0589. The lowest BCUT2D eigenvalue weighted by atomic mass is 10.1. The van der Waals surface area contributed by atoms with Crippen LogP contribution >= 0.6 is 0 Å². The number of carbonyl (C=O) groups is 3. The zero-order valence-corrected chi connectivity index (χ0v) is 15.2. The van der Waals surface area contributed by atoms with Crippen LogP contribution in [0.25, 0.3) is 0 Å². The van der Waals surface area contributed by atoms with Gasteiger partial charge in [0, 0.05) is 37.1 Å². The lowest BCUT2D eigenvalue weighted by Crippen LogP contribution is -2.28. The molecule has 1 saturated heterocycles. The molecule has 1 aliphatic rings. The number of ether oxygens (including phenoxy) is 1. The van der Waals surface area contributed by atoms with Crippen molar-refractivity contribution in [1.82, 2.24) is 0 Å². The molecule has 2 aromatic rings. The number of para-hydroxylation sites is 1. The molecule has 0 spiro atoms. The first-order valence-electron chi connectivity index (χ1n) is 8.57. The lowest BCUT2D eigenvalue weighted by molar-refractivity contribution is -0.122. The summed E-state index contributed by atoms with van der Waals surface area (Å²) >= 11 is 0. The second-order valence-corrected chi connectivity index (χ2v) is 6.31. The Bertz CT molecular complexity index is 836. The third-order valence-electron chi connectivity index (χ3n) is 4.53. The van der Waals surface area contributed by atoms with Crippen molar-refractivity contribution < 1.29 is 19.1 Å². The Hall–Kier alpha value is -3.35. The molecule has 1 fully saturated rings. The van der Waals surface area contributed by atoms with E-state index in [0.29, 0.717) is 17.9 Å². The van der Waals surface area contributed by atoms with Crippen molar-refractivity contribution in [2.24, 2.45) is 5.92 Å². The quantitative estimate of drug-likeness (QED) is 0.901. The molecular formula is C20H21N3O4. The van der Waals surface area contributed by atoms with Gasteiger partial charge in [0.2, 0.25) is 11.8 Å². The molecule has 0 radical (unpaired) electrons. The van der Waals surface area contributed by atoms with Crippen LogP contribution in [-0.4, -0.2) is 38.6 Å². The third-order valence-corrected chi connectivity index (χ3v) is 4.53. The smallest absolute Gasteiger partial charge is 0.413 e. The number of benzene rings is 2. The van der Waals surface area contributed by atoms with Crippen molar-refractivity contribution >= 4 is 35.0 Å². The molecule has 1 aliphatic heterocycles. The number of carbonyl (C=O) groups excluding carboxylic acids is 3. The lowest BCUT2D eigenvalue weighted by Gasteiger charge is -2.17.